The van der Waals surface area contributed by atoms with Crippen molar-refractivity contribution in [3.05, 3.63) is 56.9 Å². The molecule has 3 rings (SSSR count). The zero-order chi connectivity index (χ0) is 17.6. The molecule has 8 heteroatoms. The van der Waals surface area contributed by atoms with Crippen LogP contribution in [0, 0.1) is 0 Å². The molecule has 0 radical (unpaired) electrons. The quantitative estimate of drug-likeness (QED) is 0.564. The minimum atomic E-state index is -0.840. The van der Waals surface area contributed by atoms with E-state index in [0.29, 0.717) is 6.54 Å². The lowest BCUT2D eigenvalue weighted by atomic mass is 10.3. The highest BCUT2D eigenvalue weighted by Gasteiger charge is 2.17. The largest absolute Gasteiger partial charge is 0.386 e. The summed E-state index contributed by atoms with van der Waals surface area (Å²) in [6, 6.07) is 11.6. The highest BCUT2D eigenvalue weighted by atomic mass is 32.1. The molecule has 5 nitrogen and oxygen atoms in total. The molecule has 0 spiro atoms. The third-order valence-corrected chi connectivity index (χ3v) is 6.51. The SMILES string of the molecule is O=C(NCc1cccs1)C(=O)NC[C@@H](O)c1ccc(-c2cccs2)s1. The second-order valence-corrected chi connectivity index (χ2v) is 8.26. The summed E-state index contributed by atoms with van der Waals surface area (Å²) in [5.74, 6) is -1.45. The van der Waals surface area contributed by atoms with Gasteiger partial charge in [-0.25, -0.2) is 0 Å². The average molecular weight is 393 g/mol. The minimum Gasteiger partial charge on any atom is -0.386 e. The summed E-state index contributed by atoms with van der Waals surface area (Å²) in [7, 11) is 0. The van der Waals surface area contributed by atoms with Gasteiger partial charge in [0.15, 0.2) is 0 Å². The topological polar surface area (TPSA) is 78.4 Å². The molecule has 0 aromatic carbocycles. The summed E-state index contributed by atoms with van der Waals surface area (Å²) >= 11 is 4.62. The Kier molecular flexibility index (Phi) is 5.98. The number of nitrogens with one attached hydrogen (secondary N) is 2. The van der Waals surface area contributed by atoms with Crippen LogP contribution in [0.3, 0.4) is 0 Å². The van der Waals surface area contributed by atoms with Crippen LogP contribution in [-0.2, 0) is 16.1 Å². The van der Waals surface area contributed by atoms with Crippen molar-refractivity contribution >= 4 is 45.8 Å². The van der Waals surface area contributed by atoms with E-state index in [0.717, 1.165) is 19.5 Å². The third-order valence-electron chi connectivity index (χ3n) is 3.38. The van der Waals surface area contributed by atoms with E-state index in [9.17, 15) is 14.7 Å². The summed E-state index contributed by atoms with van der Waals surface area (Å²) in [5.41, 5.74) is 0. The van der Waals surface area contributed by atoms with Gasteiger partial charge >= 0.3 is 11.8 Å². The van der Waals surface area contributed by atoms with Gasteiger partial charge in [-0.2, -0.15) is 0 Å². The molecule has 2 amide bonds. The average Bonchev–Trinajstić information content (AvgIpc) is 3.37. The summed E-state index contributed by atoms with van der Waals surface area (Å²) in [4.78, 5) is 27.5. The molecule has 0 bridgehead atoms. The smallest absolute Gasteiger partial charge is 0.309 e. The van der Waals surface area contributed by atoms with Crippen molar-refractivity contribution in [2.75, 3.05) is 6.54 Å². The Morgan fingerprint density at radius 3 is 2.44 bits per heavy atom. The molecule has 1 atom stereocenters. The van der Waals surface area contributed by atoms with Gasteiger partial charge in [-0.15, -0.1) is 34.0 Å². The minimum absolute atomic E-state index is 0.00432. The van der Waals surface area contributed by atoms with Gasteiger partial charge in [0.2, 0.25) is 0 Å². The van der Waals surface area contributed by atoms with Gasteiger partial charge in [0, 0.05) is 26.1 Å². The Balaban J connectivity index is 1.47. The Bertz CT molecular complexity index is 825. The summed E-state index contributed by atoms with van der Waals surface area (Å²) in [5, 5.41) is 19.1. The maximum atomic E-state index is 11.8. The van der Waals surface area contributed by atoms with E-state index in [1.807, 2.05) is 47.2 Å². The maximum absolute atomic E-state index is 11.8. The monoisotopic (exact) mass is 392 g/mol. The van der Waals surface area contributed by atoms with Crippen LogP contribution in [0.5, 0.6) is 0 Å². The molecule has 3 heterocycles. The molecule has 0 saturated heterocycles. The molecule has 0 aliphatic heterocycles. The lowest BCUT2D eigenvalue weighted by Gasteiger charge is -2.10. The van der Waals surface area contributed by atoms with Crippen molar-refractivity contribution in [2.45, 2.75) is 12.6 Å². The zero-order valence-electron chi connectivity index (χ0n) is 13.1. The fraction of sp³-hybridized carbons (Fsp3) is 0.176. The predicted octanol–water partition coefficient (Wildman–Crippen LogP) is 3.00. The van der Waals surface area contributed by atoms with Gasteiger partial charge in [0.05, 0.1) is 6.54 Å². The van der Waals surface area contributed by atoms with Crippen molar-refractivity contribution in [3.8, 4) is 9.75 Å². The van der Waals surface area contributed by atoms with E-state index in [4.69, 9.17) is 0 Å². The van der Waals surface area contributed by atoms with Gasteiger partial charge < -0.3 is 15.7 Å². The first kappa shape index (κ1) is 17.8. The second kappa shape index (κ2) is 8.39. The van der Waals surface area contributed by atoms with Crippen LogP contribution in [0.15, 0.2) is 47.2 Å². The van der Waals surface area contributed by atoms with Gasteiger partial charge in [-0.05, 0) is 35.0 Å². The number of aliphatic hydroxyl groups is 1. The number of carbonyl (C=O) groups excluding carboxylic acids is 2. The van der Waals surface area contributed by atoms with Crippen LogP contribution in [-0.4, -0.2) is 23.5 Å². The Morgan fingerprint density at radius 2 is 1.72 bits per heavy atom. The molecular weight excluding hydrogens is 376 g/mol. The molecule has 0 fully saturated rings. The number of aliphatic hydroxyl groups excluding tert-OH is 1. The number of rotatable bonds is 6. The normalized spacial score (nSPS) is 11.9. The van der Waals surface area contributed by atoms with E-state index in [1.165, 1.54) is 22.7 Å². The first-order chi connectivity index (χ1) is 12.1. The van der Waals surface area contributed by atoms with Gasteiger partial charge in [0.25, 0.3) is 0 Å². The van der Waals surface area contributed by atoms with E-state index < -0.39 is 17.9 Å². The van der Waals surface area contributed by atoms with Crippen LogP contribution in [0.1, 0.15) is 15.9 Å². The highest BCUT2D eigenvalue weighted by molar-refractivity contribution is 7.21. The standard InChI is InChI=1S/C17H16N2O3S3/c20-12(13-5-6-15(25-13)14-4-2-8-24-14)10-19-17(22)16(21)18-9-11-3-1-7-23-11/h1-8,12,20H,9-10H2,(H,18,21)(H,19,22)/t12-/m1/s1. The molecule has 3 aromatic heterocycles. The molecule has 3 N–H and O–H groups in total. The Labute approximate surface area is 157 Å². The predicted molar refractivity (Wildman–Crippen MR) is 102 cm³/mol. The van der Waals surface area contributed by atoms with Crippen LogP contribution in [0.2, 0.25) is 0 Å². The third kappa shape index (κ3) is 4.76. The molecule has 0 aliphatic rings. The molecule has 25 heavy (non-hydrogen) atoms. The fourth-order valence-corrected chi connectivity index (χ4v) is 4.59. The molecule has 0 saturated carbocycles. The molecule has 0 unspecified atom stereocenters. The Morgan fingerprint density at radius 1 is 0.960 bits per heavy atom. The molecule has 130 valence electrons. The van der Waals surface area contributed by atoms with Crippen molar-refractivity contribution in [2.24, 2.45) is 0 Å². The van der Waals surface area contributed by atoms with E-state index >= 15 is 0 Å². The van der Waals surface area contributed by atoms with Crippen LogP contribution < -0.4 is 10.6 Å². The van der Waals surface area contributed by atoms with Crippen LogP contribution in [0.25, 0.3) is 9.75 Å². The van der Waals surface area contributed by atoms with Crippen molar-refractivity contribution < 1.29 is 14.7 Å². The first-order valence-corrected chi connectivity index (χ1v) is 10.1. The number of hydrogen-bond acceptors (Lipinski definition) is 6. The van der Waals surface area contributed by atoms with Crippen LogP contribution in [0.4, 0.5) is 0 Å². The van der Waals surface area contributed by atoms with Crippen molar-refractivity contribution in [3.63, 3.8) is 0 Å². The van der Waals surface area contributed by atoms with Crippen molar-refractivity contribution in [1.82, 2.24) is 10.6 Å². The van der Waals surface area contributed by atoms with Crippen LogP contribution >= 0.6 is 34.0 Å². The Hall–Kier alpha value is -2.00. The summed E-state index contributed by atoms with van der Waals surface area (Å²) in [6.07, 6.45) is -0.840. The second-order valence-electron chi connectivity index (χ2n) is 5.17. The maximum Gasteiger partial charge on any atom is 0.309 e. The fourth-order valence-electron chi connectivity index (χ4n) is 2.11. The van der Waals surface area contributed by atoms with E-state index in [2.05, 4.69) is 10.6 Å². The van der Waals surface area contributed by atoms with Gasteiger partial charge in [0.1, 0.15) is 6.10 Å². The zero-order valence-corrected chi connectivity index (χ0v) is 15.5. The summed E-state index contributed by atoms with van der Waals surface area (Å²) < 4.78 is 0. The summed E-state index contributed by atoms with van der Waals surface area (Å²) in [6.45, 7) is 0.317. The highest BCUT2D eigenvalue weighted by Crippen LogP contribution is 2.33. The number of hydrogen-bond donors (Lipinski definition) is 3. The lowest BCUT2D eigenvalue weighted by molar-refractivity contribution is -0.139. The molecular formula is C17H16N2O3S3. The first-order valence-electron chi connectivity index (χ1n) is 7.53. The van der Waals surface area contributed by atoms with E-state index in [-0.39, 0.29) is 6.54 Å². The van der Waals surface area contributed by atoms with E-state index in [1.54, 1.807) is 11.3 Å². The number of carbonyl (C=O) groups is 2. The van der Waals surface area contributed by atoms with Gasteiger partial charge in [-0.3, -0.25) is 9.59 Å². The molecule has 0 aliphatic carbocycles. The van der Waals surface area contributed by atoms with Crippen molar-refractivity contribution in [1.29, 1.82) is 0 Å². The number of thiophene rings is 3. The van der Waals surface area contributed by atoms with Gasteiger partial charge in [-0.1, -0.05) is 12.1 Å². The molecule has 3 aromatic rings. The number of amides is 2. The lowest BCUT2D eigenvalue weighted by Crippen LogP contribution is -2.40.